The fraction of sp³-hybridized carbons (Fsp3) is 0.833. The molecule has 0 aromatic carbocycles. The molecule has 94 valence electrons. The highest BCUT2D eigenvalue weighted by molar-refractivity contribution is 5.98. The third-order valence-electron chi connectivity index (χ3n) is 2.08. The summed E-state index contributed by atoms with van der Waals surface area (Å²) < 4.78 is 4.93. The fourth-order valence-corrected chi connectivity index (χ4v) is 1.45. The smallest absolute Gasteiger partial charge is 0.319 e. The van der Waals surface area contributed by atoms with E-state index in [-0.39, 0.29) is 11.9 Å². The number of ether oxygens (including phenoxy) is 1. The average Bonchev–Trinajstić information content (AvgIpc) is 1.99. The molecule has 1 N–H and O–H groups in total. The molecule has 0 spiro atoms. The van der Waals surface area contributed by atoms with E-state index >= 15 is 0 Å². The van der Waals surface area contributed by atoms with Crippen LogP contribution >= 0.6 is 0 Å². The van der Waals surface area contributed by atoms with Crippen LogP contribution in [0.1, 0.15) is 41.5 Å². The van der Waals surface area contributed by atoms with Crippen molar-refractivity contribution >= 4 is 11.9 Å². The van der Waals surface area contributed by atoms with Crippen molar-refractivity contribution in [2.45, 2.75) is 47.6 Å². The molecule has 0 saturated heterocycles. The van der Waals surface area contributed by atoms with Crippen LogP contribution in [-0.2, 0) is 14.3 Å². The van der Waals surface area contributed by atoms with Gasteiger partial charge in [0.1, 0.15) is 5.92 Å². The van der Waals surface area contributed by atoms with E-state index < -0.39 is 17.3 Å². The predicted molar refractivity (Wildman–Crippen MR) is 62.9 cm³/mol. The Kier molecular flexibility index (Phi) is 5.48. The van der Waals surface area contributed by atoms with E-state index in [1.165, 1.54) is 0 Å². The molecule has 4 nitrogen and oxygen atoms in total. The number of amides is 1. The molecule has 0 aromatic rings. The minimum atomic E-state index is -0.755. The number of nitrogens with one attached hydrogen (secondary N) is 1. The van der Waals surface area contributed by atoms with Crippen LogP contribution < -0.4 is 5.32 Å². The SMILES string of the molecule is CCOC(=O)C(C(=O)NC(C)C)C(C)(C)C. The van der Waals surface area contributed by atoms with Gasteiger partial charge in [0, 0.05) is 6.04 Å². The van der Waals surface area contributed by atoms with Gasteiger partial charge in [-0.3, -0.25) is 9.59 Å². The molecule has 0 saturated carbocycles. The van der Waals surface area contributed by atoms with Gasteiger partial charge in [0.2, 0.25) is 5.91 Å². The molecular weight excluding hydrogens is 206 g/mol. The maximum atomic E-state index is 11.9. The highest BCUT2D eigenvalue weighted by atomic mass is 16.5. The Morgan fingerprint density at radius 1 is 1.25 bits per heavy atom. The van der Waals surface area contributed by atoms with Crippen LogP contribution in [0, 0.1) is 11.3 Å². The normalized spacial score (nSPS) is 13.4. The van der Waals surface area contributed by atoms with Crippen molar-refractivity contribution in [2.75, 3.05) is 6.61 Å². The Balaban J connectivity index is 4.81. The van der Waals surface area contributed by atoms with Crippen LogP contribution in [0.4, 0.5) is 0 Å². The Morgan fingerprint density at radius 2 is 1.75 bits per heavy atom. The average molecular weight is 229 g/mol. The third kappa shape index (κ3) is 4.64. The topological polar surface area (TPSA) is 55.4 Å². The lowest BCUT2D eigenvalue weighted by molar-refractivity contribution is -0.156. The Morgan fingerprint density at radius 3 is 2.06 bits per heavy atom. The summed E-state index contributed by atoms with van der Waals surface area (Å²) in [6.07, 6.45) is 0. The summed E-state index contributed by atoms with van der Waals surface area (Å²) in [5, 5.41) is 2.75. The van der Waals surface area contributed by atoms with Crippen molar-refractivity contribution in [3.05, 3.63) is 0 Å². The Bertz CT molecular complexity index is 253. The van der Waals surface area contributed by atoms with Gasteiger partial charge in [-0.15, -0.1) is 0 Å². The minimum Gasteiger partial charge on any atom is -0.465 e. The summed E-state index contributed by atoms with van der Waals surface area (Å²) in [5.74, 6) is -1.47. The Hall–Kier alpha value is -1.06. The number of rotatable bonds is 4. The van der Waals surface area contributed by atoms with Crippen LogP contribution in [0.3, 0.4) is 0 Å². The molecule has 1 atom stereocenters. The lowest BCUT2D eigenvalue weighted by atomic mass is 9.80. The van der Waals surface area contributed by atoms with E-state index in [2.05, 4.69) is 5.32 Å². The van der Waals surface area contributed by atoms with Crippen LogP contribution in [0.25, 0.3) is 0 Å². The quantitative estimate of drug-likeness (QED) is 0.590. The first-order valence-corrected chi connectivity index (χ1v) is 5.67. The number of esters is 1. The second-order valence-corrected chi connectivity index (χ2v) is 5.21. The van der Waals surface area contributed by atoms with Gasteiger partial charge in [0.05, 0.1) is 6.61 Å². The van der Waals surface area contributed by atoms with Gasteiger partial charge in [-0.1, -0.05) is 20.8 Å². The highest BCUT2D eigenvalue weighted by Gasteiger charge is 2.38. The molecule has 0 aliphatic carbocycles. The van der Waals surface area contributed by atoms with Crippen LogP contribution in [0.2, 0.25) is 0 Å². The van der Waals surface area contributed by atoms with E-state index in [1.54, 1.807) is 6.92 Å². The monoisotopic (exact) mass is 229 g/mol. The lowest BCUT2D eigenvalue weighted by Gasteiger charge is -2.28. The molecule has 0 aliphatic heterocycles. The van der Waals surface area contributed by atoms with Gasteiger partial charge >= 0.3 is 5.97 Å². The van der Waals surface area contributed by atoms with Crippen molar-refractivity contribution in [1.82, 2.24) is 5.32 Å². The van der Waals surface area contributed by atoms with Gasteiger partial charge < -0.3 is 10.1 Å². The maximum Gasteiger partial charge on any atom is 0.319 e. The number of carbonyl (C=O) groups is 2. The summed E-state index contributed by atoms with van der Waals surface area (Å²) in [7, 11) is 0. The van der Waals surface area contributed by atoms with E-state index in [4.69, 9.17) is 4.74 Å². The van der Waals surface area contributed by atoms with Crippen molar-refractivity contribution in [3.8, 4) is 0 Å². The number of hydrogen-bond donors (Lipinski definition) is 1. The molecule has 0 aromatic heterocycles. The van der Waals surface area contributed by atoms with Crippen molar-refractivity contribution < 1.29 is 14.3 Å². The minimum absolute atomic E-state index is 0.0202. The molecule has 0 bridgehead atoms. The van der Waals surface area contributed by atoms with E-state index in [0.29, 0.717) is 6.61 Å². The lowest BCUT2D eigenvalue weighted by Crippen LogP contribution is -2.45. The predicted octanol–water partition coefficient (Wildman–Crippen LogP) is 1.74. The maximum absolute atomic E-state index is 11.9. The number of carbonyl (C=O) groups excluding carboxylic acids is 2. The number of hydrogen-bond acceptors (Lipinski definition) is 3. The summed E-state index contributed by atoms with van der Waals surface area (Å²) >= 11 is 0. The molecule has 1 unspecified atom stereocenters. The molecule has 0 radical (unpaired) electrons. The van der Waals surface area contributed by atoms with Crippen molar-refractivity contribution in [2.24, 2.45) is 11.3 Å². The van der Waals surface area contributed by atoms with E-state index in [1.807, 2.05) is 34.6 Å². The zero-order valence-electron chi connectivity index (χ0n) is 11.1. The second-order valence-electron chi connectivity index (χ2n) is 5.21. The molecule has 1 amide bonds. The standard InChI is InChI=1S/C12H23NO3/c1-7-16-11(15)9(12(4,5)6)10(14)13-8(2)3/h8-9H,7H2,1-6H3,(H,13,14). The molecule has 0 rings (SSSR count). The van der Waals surface area contributed by atoms with E-state index in [0.717, 1.165) is 0 Å². The summed E-state index contributed by atoms with van der Waals surface area (Å²) in [6.45, 7) is 11.3. The van der Waals surface area contributed by atoms with Crippen molar-refractivity contribution in [3.63, 3.8) is 0 Å². The van der Waals surface area contributed by atoms with Gasteiger partial charge in [-0.05, 0) is 26.2 Å². The molecule has 0 fully saturated rings. The molecule has 4 heteroatoms. The first-order chi connectivity index (χ1) is 7.20. The Labute approximate surface area is 97.7 Å². The first kappa shape index (κ1) is 14.9. The van der Waals surface area contributed by atoms with Gasteiger partial charge in [-0.25, -0.2) is 0 Å². The summed E-state index contributed by atoms with van der Waals surface area (Å²) in [6, 6.07) is 0.0202. The van der Waals surface area contributed by atoms with Crippen molar-refractivity contribution in [1.29, 1.82) is 0 Å². The zero-order chi connectivity index (χ0) is 12.9. The highest BCUT2D eigenvalue weighted by Crippen LogP contribution is 2.27. The van der Waals surface area contributed by atoms with Crippen LogP contribution in [0.5, 0.6) is 0 Å². The zero-order valence-corrected chi connectivity index (χ0v) is 11.1. The van der Waals surface area contributed by atoms with Gasteiger partial charge in [-0.2, -0.15) is 0 Å². The largest absolute Gasteiger partial charge is 0.465 e. The van der Waals surface area contributed by atoms with Gasteiger partial charge in [0.25, 0.3) is 0 Å². The van der Waals surface area contributed by atoms with Crippen LogP contribution in [0.15, 0.2) is 0 Å². The first-order valence-electron chi connectivity index (χ1n) is 5.67. The molecule has 0 aliphatic rings. The van der Waals surface area contributed by atoms with Gasteiger partial charge in [0.15, 0.2) is 0 Å². The summed E-state index contributed by atoms with van der Waals surface area (Å²) in [4.78, 5) is 23.6. The summed E-state index contributed by atoms with van der Waals surface area (Å²) in [5.41, 5.74) is -0.439. The second kappa shape index (κ2) is 5.87. The van der Waals surface area contributed by atoms with Crippen LogP contribution in [-0.4, -0.2) is 24.5 Å². The molecule has 0 heterocycles. The molecule has 16 heavy (non-hydrogen) atoms. The van der Waals surface area contributed by atoms with E-state index in [9.17, 15) is 9.59 Å². The third-order valence-corrected chi connectivity index (χ3v) is 2.08. The molecular formula is C12H23NO3. The fourth-order valence-electron chi connectivity index (χ4n) is 1.45.